The van der Waals surface area contributed by atoms with Gasteiger partial charge in [-0.15, -0.1) is 0 Å². The van der Waals surface area contributed by atoms with Gasteiger partial charge in [0.1, 0.15) is 0 Å². The minimum absolute atomic E-state index is 0.270. The average molecular weight is 263 g/mol. The van der Waals surface area contributed by atoms with Crippen LogP contribution in [0.2, 0.25) is 0 Å². The molecule has 0 atom stereocenters. The fraction of sp³-hybridized carbons (Fsp3) is 0.357. The van der Waals surface area contributed by atoms with Crippen molar-refractivity contribution in [3.8, 4) is 5.75 Å². The predicted molar refractivity (Wildman–Crippen MR) is 71.4 cm³/mol. The van der Waals surface area contributed by atoms with Crippen molar-refractivity contribution in [2.45, 2.75) is 20.0 Å². The molecular weight excluding hydrogens is 245 g/mol. The van der Waals surface area contributed by atoms with Gasteiger partial charge < -0.3 is 10.1 Å². The average Bonchev–Trinajstić information content (AvgIpc) is 2.68. The van der Waals surface area contributed by atoms with E-state index in [0.717, 1.165) is 16.8 Å². The molecule has 1 N–H and O–H groups in total. The molecule has 2 rings (SSSR count). The molecule has 1 aromatic heterocycles. The molecule has 0 aliphatic heterocycles. The Hall–Kier alpha value is -1.88. The molecule has 0 radical (unpaired) electrons. The fourth-order valence-electron chi connectivity index (χ4n) is 1.98. The molecule has 0 unspecified atom stereocenters. The maximum absolute atomic E-state index is 13.5. The van der Waals surface area contributed by atoms with Crippen molar-refractivity contribution >= 4 is 0 Å². The molecule has 5 heteroatoms. The summed E-state index contributed by atoms with van der Waals surface area (Å²) in [5, 5.41) is 7.55. The van der Waals surface area contributed by atoms with Crippen LogP contribution in [0, 0.1) is 12.7 Å². The smallest absolute Gasteiger partial charge is 0.165 e. The van der Waals surface area contributed by atoms with Crippen molar-refractivity contribution in [2.24, 2.45) is 7.05 Å². The second kappa shape index (κ2) is 5.84. The van der Waals surface area contributed by atoms with Crippen molar-refractivity contribution < 1.29 is 9.13 Å². The molecule has 0 aliphatic rings. The largest absolute Gasteiger partial charge is 0.494 e. The highest BCUT2D eigenvalue weighted by Crippen LogP contribution is 2.17. The van der Waals surface area contributed by atoms with Crippen LogP contribution in [0.3, 0.4) is 0 Å². The zero-order valence-electron chi connectivity index (χ0n) is 11.4. The number of benzene rings is 1. The Bertz CT molecular complexity index is 566. The van der Waals surface area contributed by atoms with E-state index in [4.69, 9.17) is 4.74 Å². The fourth-order valence-corrected chi connectivity index (χ4v) is 1.98. The topological polar surface area (TPSA) is 39.1 Å². The lowest BCUT2D eigenvalue weighted by Gasteiger charge is -2.06. The molecule has 0 saturated carbocycles. The normalized spacial score (nSPS) is 10.7. The van der Waals surface area contributed by atoms with Crippen LogP contribution in [0.4, 0.5) is 4.39 Å². The van der Waals surface area contributed by atoms with Crippen LogP contribution in [0.15, 0.2) is 24.4 Å². The Labute approximate surface area is 112 Å². The second-order valence-electron chi connectivity index (χ2n) is 4.49. The van der Waals surface area contributed by atoms with Gasteiger partial charge in [-0.25, -0.2) is 4.39 Å². The first kappa shape index (κ1) is 13.5. The van der Waals surface area contributed by atoms with Crippen molar-refractivity contribution in [3.63, 3.8) is 0 Å². The highest BCUT2D eigenvalue weighted by atomic mass is 19.1. The van der Waals surface area contributed by atoms with Crippen LogP contribution >= 0.6 is 0 Å². The van der Waals surface area contributed by atoms with Crippen LogP contribution in [0.1, 0.15) is 16.8 Å². The van der Waals surface area contributed by atoms with Crippen LogP contribution in [0.25, 0.3) is 0 Å². The summed E-state index contributed by atoms with van der Waals surface area (Å²) in [6, 6.07) is 4.98. The lowest BCUT2D eigenvalue weighted by atomic mass is 10.2. The summed E-state index contributed by atoms with van der Waals surface area (Å²) in [7, 11) is 3.36. The van der Waals surface area contributed by atoms with E-state index in [2.05, 4.69) is 10.4 Å². The summed E-state index contributed by atoms with van der Waals surface area (Å²) in [5.74, 6) is -0.0637. The first-order valence-corrected chi connectivity index (χ1v) is 6.12. The lowest BCUT2D eigenvalue weighted by molar-refractivity contribution is 0.386. The molecule has 0 bridgehead atoms. The predicted octanol–water partition coefficient (Wildman–Crippen LogP) is 2.17. The minimum atomic E-state index is -0.334. The monoisotopic (exact) mass is 263 g/mol. The second-order valence-corrected chi connectivity index (χ2v) is 4.49. The van der Waals surface area contributed by atoms with Gasteiger partial charge in [-0.2, -0.15) is 5.10 Å². The van der Waals surface area contributed by atoms with Gasteiger partial charge in [0, 0.05) is 31.9 Å². The quantitative estimate of drug-likeness (QED) is 0.898. The van der Waals surface area contributed by atoms with Gasteiger partial charge in [-0.05, 0) is 24.6 Å². The van der Waals surface area contributed by atoms with E-state index in [9.17, 15) is 4.39 Å². The van der Waals surface area contributed by atoms with E-state index in [1.807, 2.05) is 26.2 Å². The zero-order valence-corrected chi connectivity index (χ0v) is 11.4. The summed E-state index contributed by atoms with van der Waals surface area (Å²) in [5.41, 5.74) is 3.05. The van der Waals surface area contributed by atoms with Gasteiger partial charge in [-0.1, -0.05) is 6.07 Å². The lowest BCUT2D eigenvalue weighted by Crippen LogP contribution is -2.13. The van der Waals surface area contributed by atoms with Crippen LogP contribution < -0.4 is 10.1 Å². The van der Waals surface area contributed by atoms with E-state index in [-0.39, 0.29) is 11.6 Å². The van der Waals surface area contributed by atoms with Crippen LogP contribution in [0.5, 0.6) is 5.75 Å². The third-order valence-corrected chi connectivity index (χ3v) is 2.98. The zero-order chi connectivity index (χ0) is 13.8. The Morgan fingerprint density at radius 3 is 2.74 bits per heavy atom. The molecule has 19 heavy (non-hydrogen) atoms. The summed E-state index contributed by atoms with van der Waals surface area (Å²) in [4.78, 5) is 0. The van der Waals surface area contributed by atoms with Crippen molar-refractivity contribution in [1.29, 1.82) is 0 Å². The number of nitrogens with zero attached hydrogens (tertiary/aromatic N) is 2. The summed E-state index contributed by atoms with van der Waals surface area (Å²) in [6.45, 7) is 3.30. The summed E-state index contributed by atoms with van der Waals surface area (Å²) in [6.07, 6.45) is 1.98. The maximum atomic E-state index is 13.5. The first-order valence-electron chi connectivity index (χ1n) is 6.12. The van der Waals surface area contributed by atoms with Gasteiger partial charge in [-0.3, -0.25) is 4.68 Å². The molecule has 0 aliphatic carbocycles. The summed E-state index contributed by atoms with van der Waals surface area (Å²) < 4.78 is 20.2. The number of hydrogen-bond donors (Lipinski definition) is 1. The number of hydrogen-bond acceptors (Lipinski definition) is 3. The van der Waals surface area contributed by atoms with Gasteiger partial charge in [0.05, 0.1) is 12.8 Å². The van der Waals surface area contributed by atoms with Crippen LogP contribution in [-0.2, 0) is 20.1 Å². The van der Waals surface area contributed by atoms with Gasteiger partial charge in [0.2, 0.25) is 0 Å². The van der Waals surface area contributed by atoms with Gasteiger partial charge in [0.25, 0.3) is 0 Å². The van der Waals surface area contributed by atoms with E-state index >= 15 is 0 Å². The maximum Gasteiger partial charge on any atom is 0.165 e. The van der Waals surface area contributed by atoms with E-state index in [1.54, 1.807) is 10.7 Å². The number of nitrogens with one attached hydrogen (secondary N) is 1. The van der Waals surface area contributed by atoms with Gasteiger partial charge >= 0.3 is 0 Å². The van der Waals surface area contributed by atoms with Crippen molar-refractivity contribution in [1.82, 2.24) is 15.1 Å². The molecule has 0 fully saturated rings. The Morgan fingerprint density at radius 2 is 2.16 bits per heavy atom. The Balaban J connectivity index is 1.92. The van der Waals surface area contributed by atoms with Crippen molar-refractivity contribution in [2.75, 3.05) is 7.11 Å². The molecule has 1 aromatic carbocycles. The number of halogens is 1. The van der Waals surface area contributed by atoms with E-state index in [1.165, 1.54) is 13.2 Å². The molecule has 1 heterocycles. The highest BCUT2D eigenvalue weighted by Gasteiger charge is 2.05. The van der Waals surface area contributed by atoms with Crippen LogP contribution in [-0.4, -0.2) is 16.9 Å². The Kier molecular flexibility index (Phi) is 4.16. The molecule has 102 valence electrons. The third-order valence-electron chi connectivity index (χ3n) is 2.98. The number of aromatic nitrogens is 2. The molecule has 0 amide bonds. The number of aryl methyl sites for hydroxylation is 2. The molecule has 0 saturated heterocycles. The standard InChI is InChI=1S/C14H18FN3O/c1-10-12(9-18(2)17-10)8-16-7-11-4-5-14(19-3)13(15)6-11/h4-6,9,16H,7-8H2,1-3H3. The molecule has 4 nitrogen and oxygen atoms in total. The number of methoxy groups -OCH3 is 1. The molecular formula is C14H18FN3O. The van der Waals surface area contributed by atoms with Crippen molar-refractivity contribution in [3.05, 3.63) is 47.0 Å². The number of ether oxygens (including phenoxy) is 1. The van der Waals surface area contributed by atoms with E-state index in [0.29, 0.717) is 13.1 Å². The Morgan fingerprint density at radius 1 is 1.37 bits per heavy atom. The van der Waals surface area contributed by atoms with E-state index < -0.39 is 0 Å². The first-order chi connectivity index (χ1) is 9.10. The SMILES string of the molecule is COc1ccc(CNCc2cn(C)nc2C)cc1F. The van der Waals surface area contributed by atoms with Gasteiger partial charge in [0.15, 0.2) is 11.6 Å². The molecule has 0 spiro atoms. The third kappa shape index (κ3) is 3.32. The number of rotatable bonds is 5. The summed E-state index contributed by atoms with van der Waals surface area (Å²) >= 11 is 0. The highest BCUT2D eigenvalue weighted by molar-refractivity contribution is 5.29. The minimum Gasteiger partial charge on any atom is -0.494 e. The molecule has 2 aromatic rings.